The van der Waals surface area contributed by atoms with Crippen LogP contribution in [0.1, 0.15) is 44.5 Å². The summed E-state index contributed by atoms with van der Waals surface area (Å²) in [7, 11) is 0. The van der Waals surface area contributed by atoms with Gasteiger partial charge in [0.2, 0.25) is 0 Å². The van der Waals surface area contributed by atoms with Crippen LogP contribution < -0.4 is 19.6 Å². The van der Waals surface area contributed by atoms with Gasteiger partial charge < -0.3 is 19.6 Å². The molecule has 0 bridgehead atoms. The van der Waals surface area contributed by atoms with Gasteiger partial charge in [-0.2, -0.15) is 0 Å². The number of hydrogen-bond acceptors (Lipinski definition) is 4. The summed E-state index contributed by atoms with van der Waals surface area (Å²) in [5, 5.41) is 0. The molecule has 78 heavy (non-hydrogen) atoms. The summed E-state index contributed by atoms with van der Waals surface area (Å²) in [6.45, 7) is 0. The lowest BCUT2D eigenvalue weighted by atomic mass is 9.60. The zero-order chi connectivity index (χ0) is 51.4. The fourth-order valence-corrected chi connectivity index (χ4v) is 14.0. The highest BCUT2D eigenvalue weighted by Gasteiger charge is 2.53. The largest absolute Gasteiger partial charge is 0.310 e. The van der Waals surface area contributed by atoms with E-state index in [-0.39, 0.29) is 0 Å². The zero-order valence-corrected chi connectivity index (χ0v) is 42.7. The van der Waals surface area contributed by atoms with Gasteiger partial charge in [-0.3, -0.25) is 0 Å². The Kier molecular flexibility index (Phi) is 9.73. The molecule has 0 N–H and O–H groups in total. The Morgan fingerprint density at radius 2 is 0.321 bits per heavy atom. The number of rotatable bonds is 5. The number of para-hydroxylation sites is 10. The van der Waals surface area contributed by atoms with Crippen LogP contribution in [0, 0.1) is 0 Å². The highest BCUT2D eigenvalue weighted by Crippen LogP contribution is 2.66. The summed E-state index contributed by atoms with van der Waals surface area (Å²) in [5.74, 6) is 0. The molecule has 0 aromatic heterocycles. The van der Waals surface area contributed by atoms with Crippen molar-refractivity contribution < 1.29 is 0 Å². The first kappa shape index (κ1) is 44.2. The van der Waals surface area contributed by atoms with Gasteiger partial charge in [-0.25, -0.2) is 0 Å². The van der Waals surface area contributed by atoms with Crippen LogP contribution in [-0.2, 0) is 10.8 Å². The van der Waals surface area contributed by atoms with Crippen LogP contribution in [0.3, 0.4) is 0 Å². The highest BCUT2D eigenvalue weighted by atomic mass is 15.2. The molecule has 0 amide bonds. The molecule has 4 aliphatic rings. The molecule has 0 unspecified atom stereocenters. The van der Waals surface area contributed by atoms with Crippen molar-refractivity contribution in [3.63, 3.8) is 0 Å². The van der Waals surface area contributed by atoms with Gasteiger partial charge in [0.15, 0.2) is 0 Å². The quantitative estimate of drug-likeness (QED) is 0.170. The fourth-order valence-electron chi connectivity index (χ4n) is 14.0. The predicted molar refractivity (Wildman–Crippen MR) is 321 cm³/mol. The Labute approximate surface area is 455 Å². The van der Waals surface area contributed by atoms with Crippen molar-refractivity contribution in [2.75, 3.05) is 19.6 Å². The summed E-state index contributed by atoms with van der Waals surface area (Å²) in [6, 6.07) is 112. The van der Waals surface area contributed by atoms with Crippen LogP contribution in [0.25, 0.3) is 11.1 Å². The van der Waals surface area contributed by atoms with E-state index in [1.165, 1.54) is 90.0 Å². The Balaban J connectivity index is 0.783. The van der Waals surface area contributed by atoms with Gasteiger partial charge in [-0.15, -0.1) is 0 Å². The molecule has 366 valence electrons. The van der Waals surface area contributed by atoms with Crippen molar-refractivity contribution in [3.8, 4) is 11.1 Å². The molecule has 0 radical (unpaired) electrons. The lowest BCUT2D eigenvalue weighted by Gasteiger charge is -2.51. The highest BCUT2D eigenvalue weighted by molar-refractivity contribution is 5.99. The number of hydrogen-bond donors (Lipinski definition) is 0. The van der Waals surface area contributed by atoms with Gasteiger partial charge in [0.1, 0.15) is 0 Å². The molecule has 16 rings (SSSR count). The van der Waals surface area contributed by atoms with Gasteiger partial charge in [0.25, 0.3) is 0 Å². The second-order valence-corrected chi connectivity index (χ2v) is 20.7. The zero-order valence-electron chi connectivity index (χ0n) is 42.7. The smallest absolute Gasteiger partial charge is 0.0782 e. The second-order valence-electron chi connectivity index (χ2n) is 20.7. The first-order chi connectivity index (χ1) is 38.7. The van der Waals surface area contributed by atoms with E-state index >= 15 is 0 Å². The lowest BCUT2D eigenvalue weighted by Crippen LogP contribution is -2.41. The Bertz CT molecular complexity index is 3830. The first-order valence-corrected chi connectivity index (χ1v) is 27.0. The molecule has 0 atom stereocenters. The molecule has 0 saturated heterocycles. The summed E-state index contributed by atoms with van der Waals surface area (Å²) in [4.78, 5) is 9.82. The van der Waals surface area contributed by atoms with E-state index in [0.717, 1.165) is 33.9 Å². The molecule has 4 heteroatoms. The maximum absolute atomic E-state index is 2.47. The van der Waals surface area contributed by atoms with Crippen molar-refractivity contribution in [2.45, 2.75) is 10.8 Å². The van der Waals surface area contributed by atoms with E-state index in [0.29, 0.717) is 0 Å². The summed E-state index contributed by atoms with van der Waals surface area (Å²) in [6.07, 6.45) is 0. The fraction of sp³-hybridized carbons (Fsp3) is 0.0270. The number of anilines is 12. The minimum absolute atomic E-state index is 0.575. The van der Waals surface area contributed by atoms with Crippen LogP contribution in [-0.4, -0.2) is 0 Å². The van der Waals surface area contributed by atoms with Crippen molar-refractivity contribution in [1.82, 2.24) is 0 Å². The third-order valence-corrected chi connectivity index (χ3v) is 17.0. The Morgan fingerprint density at radius 1 is 0.154 bits per heavy atom. The molecular weight excluding hydrogens is 945 g/mol. The minimum Gasteiger partial charge on any atom is -0.310 e. The Hall–Kier alpha value is -10.2. The molecule has 2 spiro atoms. The van der Waals surface area contributed by atoms with Gasteiger partial charge in [0.05, 0.1) is 56.3 Å². The third-order valence-electron chi connectivity index (χ3n) is 17.0. The summed E-state index contributed by atoms with van der Waals surface area (Å²) in [5.41, 5.74) is 25.2. The minimum atomic E-state index is -0.575. The van der Waals surface area contributed by atoms with Gasteiger partial charge in [-0.05, 0) is 153 Å². The molecule has 0 aliphatic carbocycles. The van der Waals surface area contributed by atoms with Gasteiger partial charge >= 0.3 is 0 Å². The van der Waals surface area contributed by atoms with Crippen LogP contribution in [0.2, 0.25) is 0 Å². The summed E-state index contributed by atoms with van der Waals surface area (Å²) >= 11 is 0. The molecule has 0 fully saturated rings. The van der Waals surface area contributed by atoms with E-state index in [4.69, 9.17) is 0 Å². The average molecular weight is 995 g/mol. The van der Waals surface area contributed by atoms with Crippen molar-refractivity contribution in [2.24, 2.45) is 0 Å². The van der Waals surface area contributed by atoms with Crippen LogP contribution >= 0.6 is 0 Å². The van der Waals surface area contributed by atoms with Gasteiger partial charge in [-0.1, -0.05) is 206 Å². The van der Waals surface area contributed by atoms with Crippen molar-refractivity contribution >= 4 is 68.2 Å². The van der Waals surface area contributed by atoms with Crippen molar-refractivity contribution in [1.29, 1.82) is 0 Å². The van der Waals surface area contributed by atoms with E-state index in [2.05, 4.69) is 323 Å². The van der Waals surface area contributed by atoms with E-state index < -0.39 is 10.8 Å². The predicted octanol–water partition coefficient (Wildman–Crippen LogP) is 19.3. The van der Waals surface area contributed by atoms with Crippen LogP contribution in [0.5, 0.6) is 0 Å². The molecule has 4 heterocycles. The van der Waals surface area contributed by atoms with Crippen LogP contribution in [0.15, 0.2) is 303 Å². The van der Waals surface area contributed by atoms with E-state index in [1.807, 2.05) is 0 Å². The van der Waals surface area contributed by atoms with Crippen molar-refractivity contribution in [3.05, 3.63) is 348 Å². The first-order valence-electron chi connectivity index (χ1n) is 27.0. The SMILES string of the molecule is c1ccc(N2c3ccccc3C3(c4ccccc42)c2ccccc2N(c2ccc(-c4ccc(N5c6ccccc6C6(c7ccccc7N(c7ccccc7)c7ccccc76)c6ccccc65)cc4)cc2)c2ccccc23)cc1. The normalized spacial score (nSPS) is 14.5. The third kappa shape index (κ3) is 6.05. The maximum atomic E-state index is 2.47. The Morgan fingerprint density at radius 3 is 0.526 bits per heavy atom. The number of benzene rings is 12. The molecule has 12 aromatic carbocycles. The van der Waals surface area contributed by atoms with Crippen LogP contribution in [0.4, 0.5) is 68.2 Å². The second kappa shape index (κ2) is 17.2. The molecule has 12 aromatic rings. The molecular formula is C74H50N4. The topological polar surface area (TPSA) is 13.0 Å². The maximum Gasteiger partial charge on any atom is 0.0782 e. The molecule has 0 saturated carbocycles. The van der Waals surface area contributed by atoms with Gasteiger partial charge in [0, 0.05) is 22.7 Å². The lowest BCUT2D eigenvalue weighted by molar-refractivity contribution is 0.719. The molecule has 4 aliphatic heterocycles. The van der Waals surface area contributed by atoms with E-state index in [1.54, 1.807) is 0 Å². The summed E-state index contributed by atoms with van der Waals surface area (Å²) < 4.78 is 0. The van der Waals surface area contributed by atoms with E-state index in [9.17, 15) is 0 Å². The number of nitrogens with zero attached hydrogens (tertiary/aromatic N) is 4. The number of fused-ring (bicyclic) bond motifs is 16. The average Bonchev–Trinajstić information content (AvgIpc) is 3.65. The standard InChI is InChI=1S/C74H50N4/c1-3-23-53(24-4-1)75-65-35-15-7-27-57(65)73(58-28-8-16-36-66(58)75)61-31-11-19-39-69(61)77(70-40-20-12-32-62(70)73)55-47-43-51(44-48-55)52-45-49-56(50-46-52)78-71-41-21-13-33-63(71)74(64-34-14-22-42-72(64)78)59-29-9-17-37-67(59)76(54-25-5-2-6-26-54)68-38-18-10-30-60(68)74/h1-50H. The molecule has 4 nitrogen and oxygen atoms in total. The monoisotopic (exact) mass is 994 g/mol.